The predicted molar refractivity (Wildman–Crippen MR) is 89.6 cm³/mol. The number of methoxy groups -OCH3 is 1. The van der Waals surface area contributed by atoms with Crippen LogP contribution >= 0.6 is 0 Å². The number of hydrogen-bond donors (Lipinski definition) is 2. The number of aromatic hydroxyl groups is 1. The Hall–Kier alpha value is -1.81. The van der Waals surface area contributed by atoms with Gasteiger partial charge in [-0.2, -0.15) is 0 Å². The number of allylic oxidation sites excluding steroid dienone is 1. The van der Waals surface area contributed by atoms with Crippen molar-refractivity contribution in [3.8, 4) is 11.5 Å². The van der Waals surface area contributed by atoms with Crippen molar-refractivity contribution in [3.63, 3.8) is 0 Å². The Morgan fingerprint density at radius 2 is 2.13 bits per heavy atom. The van der Waals surface area contributed by atoms with Crippen LogP contribution in [0.25, 0.3) is 0 Å². The molecular weight excluding hydrogens is 292 g/mol. The van der Waals surface area contributed by atoms with E-state index >= 15 is 0 Å². The predicted octanol–water partition coefficient (Wildman–Crippen LogP) is 3.26. The summed E-state index contributed by atoms with van der Waals surface area (Å²) in [6.45, 7) is 2.16. The fraction of sp³-hybridized carbons (Fsp3) is 0.526. The first-order valence-corrected chi connectivity index (χ1v) is 8.23. The van der Waals surface area contributed by atoms with Crippen LogP contribution in [0, 0.1) is 11.8 Å². The summed E-state index contributed by atoms with van der Waals surface area (Å²) in [4.78, 5) is 12.1. The number of rotatable bonds is 7. The number of phenolic OH excluding ortho intramolecular Hbond substituents is 1. The summed E-state index contributed by atoms with van der Waals surface area (Å²) >= 11 is 0. The summed E-state index contributed by atoms with van der Waals surface area (Å²) in [5, 5.41) is 19.8. The topological polar surface area (TPSA) is 66.8 Å². The first-order chi connectivity index (χ1) is 11.0. The summed E-state index contributed by atoms with van der Waals surface area (Å²) in [7, 11) is 1.50. The van der Waals surface area contributed by atoms with Gasteiger partial charge in [-0.05, 0) is 42.9 Å². The lowest BCUT2D eigenvalue weighted by Crippen LogP contribution is -2.24. The fourth-order valence-electron chi connectivity index (χ4n) is 2.95. The zero-order valence-corrected chi connectivity index (χ0v) is 13.9. The van der Waals surface area contributed by atoms with Crippen LogP contribution in [0.4, 0.5) is 0 Å². The van der Waals surface area contributed by atoms with Crippen molar-refractivity contribution >= 4 is 5.78 Å². The Morgan fingerprint density at radius 3 is 2.78 bits per heavy atom. The average Bonchev–Trinajstić information content (AvgIpc) is 2.54. The van der Waals surface area contributed by atoms with Crippen molar-refractivity contribution in [2.45, 2.75) is 45.1 Å². The van der Waals surface area contributed by atoms with E-state index in [-0.39, 0.29) is 23.9 Å². The second-order valence-corrected chi connectivity index (χ2v) is 6.42. The van der Waals surface area contributed by atoms with E-state index in [9.17, 15) is 15.0 Å². The highest BCUT2D eigenvalue weighted by atomic mass is 16.5. The molecule has 23 heavy (non-hydrogen) atoms. The largest absolute Gasteiger partial charge is 0.504 e. The zero-order valence-electron chi connectivity index (χ0n) is 13.9. The lowest BCUT2D eigenvalue weighted by atomic mass is 9.84. The first kappa shape index (κ1) is 17.5. The molecule has 1 aromatic rings. The minimum absolute atomic E-state index is 0.0663. The van der Waals surface area contributed by atoms with Gasteiger partial charge in [-0.1, -0.05) is 25.1 Å². The highest BCUT2D eigenvalue weighted by molar-refractivity contribution is 5.79. The van der Waals surface area contributed by atoms with Gasteiger partial charge in [-0.3, -0.25) is 4.79 Å². The number of benzene rings is 1. The second-order valence-electron chi connectivity index (χ2n) is 6.42. The lowest BCUT2D eigenvalue weighted by Gasteiger charge is -2.24. The van der Waals surface area contributed by atoms with E-state index < -0.39 is 6.10 Å². The molecule has 0 heterocycles. The number of ether oxygens (including phenoxy) is 1. The van der Waals surface area contributed by atoms with Crippen molar-refractivity contribution in [1.29, 1.82) is 0 Å². The molecule has 4 heteroatoms. The molecule has 0 saturated heterocycles. The summed E-state index contributed by atoms with van der Waals surface area (Å²) in [6, 6.07) is 5.10. The molecule has 4 nitrogen and oxygen atoms in total. The van der Waals surface area contributed by atoms with Gasteiger partial charge < -0.3 is 14.9 Å². The quantitative estimate of drug-likeness (QED) is 0.757. The molecule has 0 fully saturated rings. The number of aliphatic hydroxyl groups is 1. The third-order valence-corrected chi connectivity index (χ3v) is 4.51. The Labute approximate surface area is 137 Å². The van der Waals surface area contributed by atoms with E-state index in [2.05, 4.69) is 19.1 Å². The number of carbonyl (C=O) groups is 1. The van der Waals surface area contributed by atoms with E-state index in [1.54, 1.807) is 18.2 Å². The molecule has 3 unspecified atom stereocenters. The molecule has 0 aromatic heterocycles. The minimum atomic E-state index is -0.583. The van der Waals surface area contributed by atoms with Gasteiger partial charge in [0, 0.05) is 18.8 Å². The van der Waals surface area contributed by atoms with E-state index in [4.69, 9.17) is 4.74 Å². The van der Waals surface area contributed by atoms with Gasteiger partial charge in [0.1, 0.15) is 5.78 Å². The van der Waals surface area contributed by atoms with Gasteiger partial charge in [0.2, 0.25) is 0 Å². The number of carbonyl (C=O) groups excluding carboxylic acids is 1. The molecule has 0 bridgehead atoms. The number of aliphatic hydroxyl groups excluding tert-OH is 1. The van der Waals surface area contributed by atoms with E-state index in [0.29, 0.717) is 24.5 Å². The first-order valence-electron chi connectivity index (χ1n) is 8.23. The van der Waals surface area contributed by atoms with E-state index in [1.165, 1.54) is 7.11 Å². The molecule has 0 aliphatic heterocycles. The van der Waals surface area contributed by atoms with Crippen LogP contribution in [0.15, 0.2) is 30.4 Å². The van der Waals surface area contributed by atoms with Gasteiger partial charge in [-0.25, -0.2) is 0 Å². The Morgan fingerprint density at radius 1 is 1.35 bits per heavy atom. The molecule has 0 saturated carbocycles. The van der Waals surface area contributed by atoms with Crippen molar-refractivity contribution in [1.82, 2.24) is 0 Å². The summed E-state index contributed by atoms with van der Waals surface area (Å²) in [5.41, 5.74) is 0.939. The number of Topliss-reactive ketones (excluding diaryl/α,β-unsaturated/α-hetero) is 1. The van der Waals surface area contributed by atoms with Crippen LogP contribution in [-0.2, 0) is 11.2 Å². The molecule has 1 aromatic carbocycles. The van der Waals surface area contributed by atoms with Crippen molar-refractivity contribution in [3.05, 3.63) is 35.9 Å². The molecule has 3 atom stereocenters. The molecule has 2 rings (SSSR count). The number of phenols is 1. The van der Waals surface area contributed by atoms with Gasteiger partial charge in [0.05, 0.1) is 13.2 Å². The van der Waals surface area contributed by atoms with Crippen molar-refractivity contribution in [2.24, 2.45) is 11.8 Å². The minimum Gasteiger partial charge on any atom is -0.504 e. The number of aryl methyl sites for hydroxylation is 1. The maximum absolute atomic E-state index is 12.1. The normalized spacial score (nSPS) is 21.9. The average molecular weight is 318 g/mol. The molecular formula is C19H26O4. The highest BCUT2D eigenvalue weighted by Gasteiger charge is 2.22. The lowest BCUT2D eigenvalue weighted by molar-refractivity contribution is -0.121. The standard InChI is InChI=1S/C19H26O4/c1-13-3-7-15(8-4-13)18(22)12-16(20)9-5-14-6-10-17(21)19(11-14)23-2/h3,6-7,10-11,13,15,18,21-22H,4-5,8-9,12H2,1-2H3. The van der Waals surface area contributed by atoms with Crippen molar-refractivity contribution in [2.75, 3.05) is 7.11 Å². The highest BCUT2D eigenvalue weighted by Crippen LogP contribution is 2.28. The Bertz CT molecular complexity index is 564. The molecule has 1 aliphatic carbocycles. The summed E-state index contributed by atoms with van der Waals surface area (Å²) in [6.07, 6.45) is 6.79. The monoisotopic (exact) mass is 318 g/mol. The molecule has 1 aliphatic rings. The second kappa shape index (κ2) is 8.16. The van der Waals surface area contributed by atoms with Gasteiger partial charge in [0.15, 0.2) is 11.5 Å². The van der Waals surface area contributed by atoms with Crippen LogP contribution < -0.4 is 4.74 Å². The SMILES string of the molecule is COc1cc(CCC(=O)CC(O)C2C=CC(C)CC2)ccc1O. The van der Waals surface area contributed by atoms with Gasteiger partial charge >= 0.3 is 0 Å². The fourth-order valence-corrected chi connectivity index (χ4v) is 2.95. The Balaban J connectivity index is 1.82. The molecule has 2 N–H and O–H groups in total. The van der Waals surface area contributed by atoms with Crippen LogP contribution in [0.1, 0.15) is 38.2 Å². The third-order valence-electron chi connectivity index (χ3n) is 4.51. The third kappa shape index (κ3) is 5.10. The smallest absolute Gasteiger partial charge is 0.160 e. The van der Waals surface area contributed by atoms with Crippen LogP contribution in [-0.4, -0.2) is 29.2 Å². The molecule has 0 amide bonds. The van der Waals surface area contributed by atoms with Gasteiger partial charge in [-0.15, -0.1) is 0 Å². The van der Waals surface area contributed by atoms with Crippen molar-refractivity contribution < 1.29 is 19.7 Å². The molecule has 0 spiro atoms. The summed E-state index contributed by atoms with van der Waals surface area (Å²) in [5.74, 6) is 1.24. The van der Waals surface area contributed by atoms with E-state index in [1.807, 2.05) is 0 Å². The maximum Gasteiger partial charge on any atom is 0.160 e. The maximum atomic E-state index is 12.1. The zero-order chi connectivity index (χ0) is 16.8. The van der Waals surface area contributed by atoms with Crippen LogP contribution in [0.5, 0.6) is 11.5 Å². The molecule has 126 valence electrons. The Kier molecular flexibility index (Phi) is 6.22. The van der Waals surface area contributed by atoms with Crippen LogP contribution in [0.3, 0.4) is 0 Å². The number of ketones is 1. The van der Waals surface area contributed by atoms with Crippen LogP contribution in [0.2, 0.25) is 0 Å². The summed E-state index contributed by atoms with van der Waals surface area (Å²) < 4.78 is 5.06. The molecule has 0 radical (unpaired) electrons. The van der Waals surface area contributed by atoms with Gasteiger partial charge in [0.25, 0.3) is 0 Å². The number of hydrogen-bond acceptors (Lipinski definition) is 4. The van der Waals surface area contributed by atoms with E-state index in [0.717, 1.165) is 18.4 Å².